The van der Waals surface area contributed by atoms with Crippen LogP contribution in [0, 0.1) is 12.8 Å². The summed E-state index contributed by atoms with van der Waals surface area (Å²) in [7, 11) is 0. The van der Waals surface area contributed by atoms with Crippen LogP contribution in [0.3, 0.4) is 0 Å². The van der Waals surface area contributed by atoms with E-state index in [1.54, 1.807) is 6.07 Å². The van der Waals surface area contributed by atoms with Crippen molar-refractivity contribution in [3.05, 3.63) is 75.1 Å². The Morgan fingerprint density at radius 3 is 2.83 bits per heavy atom. The topological polar surface area (TPSA) is 62.6 Å². The molecule has 1 aromatic heterocycles. The fourth-order valence-corrected chi connectivity index (χ4v) is 4.06. The highest BCUT2D eigenvalue weighted by Gasteiger charge is 2.26. The lowest BCUT2D eigenvalue weighted by atomic mass is 9.96. The van der Waals surface area contributed by atoms with E-state index >= 15 is 0 Å². The molecule has 1 aliphatic rings. The van der Waals surface area contributed by atoms with Crippen molar-refractivity contribution in [2.24, 2.45) is 5.92 Å². The molecule has 5 nitrogen and oxygen atoms in total. The average Bonchev–Trinajstić information content (AvgIpc) is 2.70. The number of likely N-dealkylation sites (tertiary alicyclic amines) is 1. The number of para-hydroxylation sites is 1. The van der Waals surface area contributed by atoms with Crippen molar-refractivity contribution in [3.63, 3.8) is 0 Å². The van der Waals surface area contributed by atoms with Crippen molar-refractivity contribution in [2.75, 3.05) is 18.4 Å². The molecular formula is C23H23ClN2O3. The first-order valence-electron chi connectivity index (χ1n) is 9.81. The lowest BCUT2D eigenvalue weighted by Crippen LogP contribution is -2.40. The highest BCUT2D eigenvalue weighted by Crippen LogP contribution is 2.27. The summed E-state index contributed by atoms with van der Waals surface area (Å²) in [6.45, 7) is 4.00. The molecule has 150 valence electrons. The molecule has 1 aliphatic heterocycles. The zero-order valence-corrected chi connectivity index (χ0v) is 17.0. The normalized spacial score (nSPS) is 17.4. The van der Waals surface area contributed by atoms with Crippen molar-refractivity contribution in [1.82, 2.24) is 4.90 Å². The number of fused-ring (bicyclic) bond motifs is 1. The molecule has 0 radical (unpaired) electrons. The molecule has 4 rings (SSSR count). The molecule has 0 spiro atoms. The predicted octanol–water partition coefficient (Wildman–Crippen LogP) is 4.61. The summed E-state index contributed by atoms with van der Waals surface area (Å²) in [5.74, 6) is -0.0434. The third-order valence-corrected chi connectivity index (χ3v) is 5.83. The van der Waals surface area contributed by atoms with Crippen LogP contribution in [0.4, 0.5) is 5.69 Å². The highest BCUT2D eigenvalue weighted by molar-refractivity contribution is 6.32. The van der Waals surface area contributed by atoms with Crippen molar-refractivity contribution in [3.8, 4) is 0 Å². The molecule has 29 heavy (non-hydrogen) atoms. The summed E-state index contributed by atoms with van der Waals surface area (Å²) in [4.78, 5) is 27.0. The van der Waals surface area contributed by atoms with E-state index in [2.05, 4.69) is 10.2 Å². The molecule has 1 atom stereocenters. The zero-order chi connectivity index (χ0) is 20.4. The van der Waals surface area contributed by atoms with Gasteiger partial charge in [-0.1, -0.05) is 29.8 Å². The molecule has 0 aliphatic carbocycles. The minimum absolute atomic E-state index is 0.0389. The Balaban J connectivity index is 1.52. The number of rotatable bonds is 4. The standard InChI is InChI=1S/C23H23ClN2O3/c1-15-10-21-19(12-20(15)24)17(11-22(27)29-21)14-26-9-5-6-16(13-26)23(28)25-18-7-3-2-4-8-18/h2-4,7-8,10-12,16H,5-6,9,13-14H2,1H3,(H,25,28)/t16-/m0/s1. The SMILES string of the molecule is Cc1cc2oc(=O)cc(CN3CCC[C@H](C(=O)Nc4ccccc4)C3)c2cc1Cl. The summed E-state index contributed by atoms with van der Waals surface area (Å²) < 4.78 is 5.36. The van der Waals surface area contributed by atoms with E-state index in [-0.39, 0.29) is 17.5 Å². The van der Waals surface area contributed by atoms with Gasteiger partial charge in [-0.25, -0.2) is 4.79 Å². The maximum Gasteiger partial charge on any atom is 0.336 e. The fourth-order valence-electron chi connectivity index (χ4n) is 3.90. The monoisotopic (exact) mass is 410 g/mol. The summed E-state index contributed by atoms with van der Waals surface area (Å²) in [5.41, 5.74) is 2.73. The van der Waals surface area contributed by atoms with Gasteiger partial charge in [0.15, 0.2) is 0 Å². The molecule has 3 aromatic rings. The fraction of sp³-hybridized carbons (Fsp3) is 0.304. The second-order valence-electron chi connectivity index (χ2n) is 7.62. The first kappa shape index (κ1) is 19.7. The van der Waals surface area contributed by atoms with Crippen LogP contribution < -0.4 is 10.9 Å². The Hall–Kier alpha value is -2.63. The second-order valence-corrected chi connectivity index (χ2v) is 8.02. The van der Waals surface area contributed by atoms with Gasteiger partial charge >= 0.3 is 5.63 Å². The van der Waals surface area contributed by atoms with Gasteiger partial charge in [0.25, 0.3) is 0 Å². The molecule has 1 saturated heterocycles. The van der Waals surface area contributed by atoms with Crippen LogP contribution >= 0.6 is 11.6 Å². The second kappa shape index (κ2) is 8.39. The van der Waals surface area contributed by atoms with Crippen LogP contribution in [-0.2, 0) is 11.3 Å². The van der Waals surface area contributed by atoms with Crippen LogP contribution in [-0.4, -0.2) is 23.9 Å². The van der Waals surface area contributed by atoms with Crippen molar-refractivity contribution in [2.45, 2.75) is 26.3 Å². The number of benzene rings is 2. The average molecular weight is 411 g/mol. The number of carbonyl (C=O) groups excluding carboxylic acids is 1. The minimum atomic E-state index is -0.371. The van der Waals surface area contributed by atoms with Crippen LogP contribution in [0.5, 0.6) is 0 Å². The number of piperidine rings is 1. The van der Waals surface area contributed by atoms with Gasteiger partial charge in [-0.05, 0) is 61.7 Å². The number of nitrogens with one attached hydrogen (secondary N) is 1. The molecule has 1 fully saturated rings. The number of hydrogen-bond donors (Lipinski definition) is 1. The number of carbonyl (C=O) groups is 1. The van der Waals surface area contributed by atoms with E-state index in [0.29, 0.717) is 23.7 Å². The van der Waals surface area contributed by atoms with Gasteiger partial charge in [0.05, 0.1) is 5.92 Å². The zero-order valence-electron chi connectivity index (χ0n) is 16.3. The van der Waals surface area contributed by atoms with E-state index in [1.807, 2.05) is 43.3 Å². The molecule has 1 N–H and O–H groups in total. The number of aryl methyl sites for hydroxylation is 1. The largest absolute Gasteiger partial charge is 0.423 e. The smallest absolute Gasteiger partial charge is 0.336 e. The number of halogens is 1. The number of nitrogens with zero attached hydrogens (tertiary/aromatic N) is 1. The van der Waals surface area contributed by atoms with E-state index in [0.717, 1.165) is 41.6 Å². The van der Waals surface area contributed by atoms with Crippen LogP contribution in [0.25, 0.3) is 11.0 Å². The van der Waals surface area contributed by atoms with Crippen LogP contribution in [0.15, 0.2) is 57.7 Å². The molecule has 0 bridgehead atoms. The van der Waals surface area contributed by atoms with Crippen molar-refractivity contribution < 1.29 is 9.21 Å². The highest BCUT2D eigenvalue weighted by atomic mass is 35.5. The molecule has 2 aromatic carbocycles. The quantitative estimate of drug-likeness (QED) is 0.638. The van der Waals surface area contributed by atoms with Gasteiger partial charge in [0, 0.05) is 35.3 Å². The number of hydrogen-bond acceptors (Lipinski definition) is 4. The molecule has 1 amide bonds. The third-order valence-electron chi connectivity index (χ3n) is 5.42. The summed E-state index contributed by atoms with van der Waals surface area (Å²) >= 11 is 6.30. The third kappa shape index (κ3) is 4.52. The van der Waals surface area contributed by atoms with E-state index in [4.69, 9.17) is 16.0 Å². The minimum Gasteiger partial charge on any atom is -0.423 e. The van der Waals surface area contributed by atoms with Crippen LogP contribution in [0.1, 0.15) is 24.0 Å². The van der Waals surface area contributed by atoms with Gasteiger partial charge in [-0.3, -0.25) is 9.69 Å². The predicted molar refractivity (Wildman–Crippen MR) is 115 cm³/mol. The molecule has 0 saturated carbocycles. The maximum absolute atomic E-state index is 12.7. The van der Waals surface area contributed by atoms with E-state index < -0.39 is 0 Å². The first-order valence-corrected chi connectivity index (χ1v) is 10.2. The summed E-state index contributed by atoms with van der Waals surface area (Å²) in [6.07, 6.45) is 1.80. The first-order chi connectivity index (χ1) is 14.0. The number of anilines is 1. The Labute approximate surface area is 174 Å². The van der Waals surface area contributed by atoms with E-state index in [9.17, 15) is 9.59 Å². The van der Waals surface area contributed by atoms with Gasteiger partial charge in [-0.15, -0.1) is 0 Å². The molecular weight excluding hydrogens is 388 g/mol. The van der Waals surface area contributed by atoms with Crippen molar-refractivity contribution in [1.29, 1.82) is 0 Å². The van der Waals surface area contributed by atoms with Gasteiger partial charge in [0.2, 0.25) is 5.91 Å². The number of amides is 1. The Kier molecular flexibility index (Phi) is 5.69. The van der Waals surface area contributed by atoms with Crippen LogP contribution in [0.2, 0.25) is 5.02 Å². The van der Waals surface area contributed by atoms with Gasteiger partial charge < -0.3 is 9.73 Å². The summed E-state index contributed by atoms with van der Waals surface area (Å²) in [6, 6.07) is 14.7. The molecule has 6 heteroatoms. The lowest BCUT2D eigenvalue weighted by molar-refractivity contribution is -0.121. The Bertz CT molecular complexity index is 1090. The Morgan fingerprint density at radius 1 is 1.24 bits per heavy atom. The molecule has 0 unspecified atom stereocenters. The Morgan fingerprint density at radius 2 is 2.03 bits per heavy atom. The molecule has 2 heterocycles. The lowest BCUT2D eigenvalue weighted by Gasteiger charge is -2.32. The van der Waals surface area contributed by atoms with Gasteiger partial charge in [0.1, 0.15) is 5.58 Å². The maximum atomic E-state index is 12.7. The summed E-state index contributed by atoms with van der Waals surface area (Å²) in [5, 5.41) is 4.49. The van der Waals surface area contributed by atoms with E-state index in [1.165, 1.54) is 6.07 Å². The van der Waals surface area contributed by atoms with Gasteiger partial charge in [-0.2, -0.15) is 0 Å². The van der Waals surface area contributed by atoms with Crippen molar-refractivity contribution >= 4 is 34.2 Å².